The van der Waals surface area contributed by atoms with Gasteiger partial charge in [-0.15, -0.1) is 0 Å². The van der Waals surface area contributed by atoms with Gasteiger partial charge in [-0.3, -0.25) is 4.90 Å². The molecule has 1 aliphatic heterocycles. The summed E-state index contributed by atoms with van der Waals surface area (Å²) in [5.74, 6) is 2.68. The molecule has 0 N–H and O–H groups in total. The first kappa shape index (κ1) is 12.9. The van der Waals surface area contributed by atoms with E-state index in [4.69, 9.17) is 4.74 Å². The van der Waals surface area contributed by atoms with E-state index in [-0.39, 0.29) is 0 Å². The molecule has 3 nitrogen and oxygen atoms in total. The van der Waals surface area contributed by atoms with Gasteiger partial charge in [0.05, 0.1) is 11.4 Å². The van der Waals surface area contributed by atoms with Gasteiger partial charge in [-0.05, 0) is 42.3 Å². The Bertz CT molecular complexity index is 783. The van der Waals surface area contributed by atoms with Gasteiger partial charge in [0.15, 0.2) is 11.5 Å². The molecule has 3 aromatic rings. The SMILES string of the molecule is CCc1cccnc1N1c2ccccc2Oc2ccccc21. The van der Waals surface area contributed by atoms with Gasteiger partial charge in [-0.25, -0.2) is 4.98 Å². The number of aryl methyl sites for hydroxylation is 1. The van der Waals surface area contributed by atoms with Gasteiger partial charge in [0.1, 0.15) is 5.82 Å². The molecule has 108 valence electrons. The highest BCUT2D eigenvalue weighted by atomic mass is 16.5. The average molecular weight is 288 g/mol. The van der Waals surface area contributed by atoms with E-state index in [1.165, 1.54) is 5.56 Å². The van der Waals surface area contributed by atoms with Crippen LogP contribution >= 0.6 is 0 Å². The van der Waals surface area contributed by atoms with Gasteiger partial charge in [-0.2, -0.15) is 0 Å². The number of hydrogen-bond donors (Lipinski definition) is 0. The van der Waals surface area contributed by atoms with Crippen LogP contribution in [0.3, 0.4) is 0 Å². The van der Waals surface area contributed by atoms with Gasteiger partial charge < -0.3 is 4.74 Å². The molecule has 0 atom stereocenters. The molecule has 0 amide bonds. The first-order valence-corrected chi connectivity index (χ1v) is 7.48. The Morgan fingerprint density at radius 3 is 2.14 bits per heavy atom. The van der Waals surface area contributed by atoms with Crippen molar-refractivity contribution in [2.45, 2.75) is 13.3 Å². The van der Waals surface area contributed by atoms with Crippen molar-refractivity contribution in [3.05, 3.63) is 72.4 Å². The summed E-state index contributed by atoms with van der Waals surface area (Å²) >= 11 is 0. The van der Waals surface area contributed by atoms with E-state index in [0.717, 1.165) is 35.1 Å². The lowest BCUT2D eigenvalue weighted by Crippen LogP contribution is -2.18. The fraction of sp³-hybridized carbons (Fsp3) is 0.105. The summed E-state index contributed by atoms with van der Waals surface area (Å²) in [6.45, 7) is 2.15. The van der Waals surface area contributed by atoms with E-state index in [2.05, 4.69) is 35.0 Å². The van der Waals surface area contributed by atoms with Crippen LogP contribution in [0.4, 0.5) is 17.2 Å². The molecule has 1 aromatic heterocycles. The minimum Gasteiger partial charge on any atom is -0.453 e. The van der Waals surface area contributed by atoms with E-state index < -0.39 is 0 Å². The van der Waals surface area contributed by atoms with Gasteiger partial charge in [-0.1, -0.05) is 37.3 Å². The van der Waals surface area contributed by atoms with E-state index in [0.29, 0.717) is 0 Å². The third-order valence-corrected chi connectivity index (χ3v) is 3.89. The Morgan fingerprint density at radius 2 is 1.50 bits per heavy atom. The molecule has 0 unspecified atom stereocenters. The number of para-hydroxylation sites is 4. The molecular weight excluding hydrogens is 272 g/mol. The molecule has 4 rings (SSSR count). The normalized spacial score (nSPS) is 12.3. The Morgan fingerprint density at radius 1 is 0.864 bits per heavy atom. The molecule has 0 saturated heterocycles. The predicted molar refractivity (Wildman–Crippen MR) is 88.4 cm³/mol. The van der Waals surface area contributed by atoms with Crippen LogP contribution in [0.2, 0.25) is 0 Å². The van der Waals surface area contributed by atoms with Gasteiger partial charge in [0, 0.05) is 6.20 Å². The minimum absolute atomic E-state index is 0.855. The molecule has 22 heavy (non-hydrogen) atoms. The second-order valence-electron chi connectivity index (χ2n) is 5.21. The van der Waals surface area contributed by atoms with Crippen molar-refractivity contribution in [3.8, 4) is 11.5 Å². The lowest BCUT2D eigenvalue weighted by Gasteiger charge is -2.32. The third kappa shape index (κ3) is 1.94. The smallest absolute Gasteiger partial charge is 0.151 e. The molecule has 0 spiro atoms. The largest absolute Gasteiger partial charge is 0.453 e. The highest BCUT2D eigenvalue weighted by Gasteiger charge is 2.26. The highest BCUT2D eigenvalue weighted by Crippen LogP contribution is 2.50. The first-order chi connectivity index (χ1) is 10.9. The minimum atomic E-state index is 0.855. The Kier molecular flexibility index (Phi) is 3.04. The van der Waals surface area contributed by atoms with Crippen molar-refractivity contribution >= 4 is 17.2 Å². The van der Waals surface area contributed by atoms with Crippen LogP contribution < -0.4 is 9.64 Å². The summed E-state index contributed by atoms with van der Waals surface area (Å²) in [5, 5.41) is 0. The zero-order valence-corrected chi connectivity index (χ0v) is 12.4. The maximum Gasteiger partial charge on any atom is 0.151 e. The fourth-order valence-electron chi connectivity index (χ4n) is 2.84. The second-order valence-corrected chi connectivity index (χ2v) is 5.21. The number of anilines is 3. The van der Waals surface area contributed by atoms with Crippen LogP contribution in [-0.2, 0) is 6.42 Å². The quantitative estimate of drug-likeness (QED) is 0.505. The van der Waals surface area contributed by atoms with E-state index >= 15 is 0 Å². The van der Waals surface area contributed by atoms with Gasteiger partial charge in [0.25, 0.3) is 0 Å². The van der Waals surface area contributed by atoms with Crippen molar-refractivity contribution in [2.24, 2.45) is 0 Å². The van der Waals surface area contributed by atoms with Crippen LogP contribution in [-0.4, -0.2) is 4.98 Å². The number of aromatic nitrogens is 1. The summed E-state index contributed by atoms with van der Waals surface area (Å²) < 4.78 is 6.03. The summed E-state index contributed by atoms with van der Waals surface area (Å²) in [4.78, 5) is 6.83. The molecule has 0 fully saturated rings. The van der Waals surface area contributed by atoms with Crippen molar-refractivity contribution in [3.63, 3.8) is 0 Å². The van der Waals surface area contributed by atoms with Crippen molar-refractivity contribution in [1.82, 2.24) is 4.98 Å². The zero-order chi connectivity index (χ0) is 14.9. The summed E-state index contributed by atoms with van der Waals surface area (Å²) in [6, 6.07) is 20.3. The number of benzene rings is 2. The maximum atomic E-state index is 6.03. The molecule has 2 aromatic carbocycles. The highest BCUT2D eigenvalue weighted by molar-refractivity contribution is 5.85. The maximum absolute atomic E-state index is 6.03. The fourth-order valence-corrected chi connectivity index (χ4v) is 2.84. The lowest BCUT2D eigenvalue weighted by atomic mass is 10.1. The molecular formula is C19H16N2O. The summed E-state index contributed by atoms with van der Waals surface area (Å²) in [7, 11) is 0. The Hall–Kier alpha value is -2.81. The van der Waals surface area contributed by atoms with Crippen LogP contribution in [0.5, 0.6) is 11.5 Å². The topological polar surface area (TPSA) is 25.4 Å². The Balaban J connectivity index is 1.99. The first-order valence-electron chi connectivity index (χ1n) is 7.48. The molecule has 0 bridgehead atoms. The summed E-state index contributed by atoms with van der Waals surface area (Å²) in [5.41, 5.74) is 3.26. The van der Waals surface area contributed by atoms with Crippen molar-refractivity contribution < 1.29 is 4.74 Å². The van der Waals surface area contributed by atoms with Crippen LogP contribution in [0.15, 0.2) is 66.9 Å². The van der Waals surface area contributed by atoms with Gasteiger partial charge in [0.2, 0.25) is 0 Å². The second kappa shape index (κ2) is 5.19. The molecule has 0 saturated carbocycles. The number of nitrogens with zero attached hydrogens (tertiary/aromatic N) is 2. The predicted octanol–water partition coefficient (Wildman–Crippen LogP) is 5.22. The van der Waals surface area contributed by atoms with E-state index in [9.17, 15) is 0 Å². The summed E-state index contributed by atoms with van der Waals surface area (Å²) in [6.07, 6.45) is 2.78. The molecule has 0 aliphatic carbocycles. The van der Waals surface area contributed by atoms with Gasteiger partial charge >= 0.3 is 0 Å². The van der Waals surface area contributed by atoms with Crippen LogP contribution in [0, 0.1) is 0 Å². The molecule has 3 heteroatoms. The van der Waals surface area contributed by atoms with Crippen molar-refractivity contribution in [1.29, 1.82) is 0 Å². The number of ether oxygens (including phenoxy) is 1. The number of rotatable bonds is 2. The van der Waals surface area contributed by atoms with E-state index in [1.807, 2.05) is 48.7 Å². The standard InChI is InChI=1S/C19H16N2O/c1-2-14-8-7-13-20-19(14)21-15-9-3-5-11-17(15)22-18-12-6-4-10-16(18)21/h3-13H,2H2,1H3. The van der Waals surface area contributed by atoms with E-state index in [1.54, 1.807) is 0 Å². The number of fused-ring (bicyclic) bond motifs is 2. The van der Waals surface area contributed by atoms with Crippen molar-refractivity contribution in [2.75, 3.05) is 4.90 Å². The third-order valence-electron chi connectivity index (χ3n) is 3.89. The monoisotopic (exact) mass is 288 g/mol. The van der Waals surface area contributed by atoms with Crippen LogP contribution in [0.25, 0.3) is 0 Å². The molecule has 0 radical (unpaired) electrons. The number of pyridine rings is 1. The number of hydrogen-bond acceptors (Lipinski definition) is 3. The Labute approximate surface area is 129 Å². The van der Waals surface area contributed by atoms with Crippen LogP contribution in [0.1, 0.15) is 12.5 Å². The molecule has 1 aliphatic rings. The zero-order valence-electron chi connectivity index (χ0n) is 12.4. The average Bonchev–Trinajstić information content (AvgIpc) is 2.59. The lowest BCUT2D eigenvalue weighted by molar-refractivity contribution is 0.476. The molecule has 2 heterocycles.